The molecular weight excluding hydrogens is 214 g/mol. The van der Waals surface area contributed by atoms with E-state index in [1.54, 1.807) is 0 Å². The first-order valence-corrected chi connectivity index (χ1v) is 6.28. The van der Waals surface area contributed by atoms with Crippen LogP contribution in [0.5, 0.6) is 0 Å². The highest BCUT2D eigenvalue weighted by Gasteiger charge is 2.30. The van der Waals surface area contributed by atoms with Gasteiger partial charge in [0.05, 0.1) is 0 Å². The third kappa shape index (κ3) is 3.07. The van der Waals surface area contributed by atoms with E-state index in [-0.39, 0.29) is 24.3 Å². The van der Waals surface area contributed by atoms with E-state index in [4.69, 9.17) is 0 Å². The molecule has 0 bridgehead atoms. The van der Waals surface area contributed by atoms with Gasteiger partial charge in [-0.25, -0.2) is 0 Å². The van der Waals surface area contributed by atoms with Gasteiger partial charge in [-0.15, -0.1) is 0 Å². The zero-order valence-electron chi connectivity index (χ0n) is 9.93. The van der Waals surface area contributed by atoms with Gasteiger partial charge in [-0.2, -0.15) is 0 Å². The molecule has 1 aliphatic rings. The van der Waals surface area contributed by atoms with Crippen LogP contribution in [0.1, 0.15) is 25.7 Å². The van der Waals surface area contributed by atoms with E-state index in [0.29, 0.717) is 0 Å². The van der Waals surface area contributed by atoms with Gasteiger partial charge >= 0.3 is 0 Å². The van der Waals surface area contributed by atoms with Crippen LogP contribution in [0.3, 0.4) is 0 Å². The van der Waals surface area contributed by atoms with E-state index in [9.17, 15) is 9.90 Å². The minimum Gasteiger partial charge on any atom is -0.396 e. The van der Waals surface area contributed by atoms with Gasteiger partial charge in [0.15, 0.2) is 0 Å². The van der Waals surface area contributed by atoms with Crippen molar-refractivity contribution in [1.82, 2.24) is 0 Å². The first kappa shape index (κ1) is 12.1. The molecule has 0 aromatic heterocycles. The maximum absolute atomic E-state index is 12.1. The summed E-state index contributed by atoms with van der Waals surface area (Å²) in [5.74, 6) is 0.149. The minimum atomic E-state index is -0.0334. The molecule has 1 aliphatic carbocycles. The topological polar surface area (TPSA) is 49.3 Å². The van der Waals surface area contributed by atoms with Crippen molar-refractivity contribution in [2.75, 3.05) is 11.9 Å². The molecule has 2 atom stereocenters. The van der Waals surface area contributed by atoms with Gasteiger partial charge < -0.3 is 10.4 Å². The zero-order chi connectivity index (χ0) is 12.1. The Morgan fingerprint density at radius 3 is 2.65 bits per heavy atom. The van der Waals surface area contributed by atoms with Crippen molar-refractivity contribution in [3.8, 4) is 0 Å². The average molecular weight is 233 g/mol. The molecule has 0 saturated heterocycles. The van der Waals surface area contributed by atoms with Crippen molar-refractivity contribution >= 4 is 11.6 Å². The predicted octanol–water partition coefficient (Wildman–Crippen LogP) is 2.42. The molecule has 92 valence electrons. The molecule has 1 fully saturated rings. The van der Waals surface area contributed by atoms with Gasteiger partial charge in [0, 0.05) is 18.2 Å². The normalized spacial score (nSPS) is 24.3. The molecule has 1 aromatic carbocycles. The van der Waals surface area contributed by atoms with Crippen LogP contribution in [0.2, 0.25) is 0 Å². The molecule has 0 radical (unpaired) electrons. The second kappa shape index (κ2) is 5.82. The standard InChI is InChI=1S/C14H19NO2/c16-10-11-6-4-5-9-13(11)14(17)15-12-7-2-1-3-8-12/h1-3,7-8,11,13,16H,4-6,9-10H2,(H,15,17)/t11-,13-/m1/s1. The molecule has 0 heterocycles. The van der Waals surface area contributed by atoms with Gasteiger partial charge in [0.25, 0.3) is 0 Å². The van der Waals surface area contributed by atoms with Crippen molar-refractivity contribution in [2.45, 2.75) is 25.7 Å². The van der Waals surface area contributed by atoms with E-state index in [1.807, 2.05) is 30.3 Å². The number of anilines is 1. The van der Waals surface area contributed by atoms with Crippen LogP contribution in [0, 0.1) is 11.8 Å². The fraction of sp³-hybridized carbons (Fsp3) is 0.500. The van der Waals surface area contributed by atoms with Crippen molar-refractivity contribution in [2.24, 2.45) is 11.8 Å². The van der Waals surface area contributed by atoms with Crippen LogP contribution >= 0.6 is 0 Å². The summed E-state index contributed by atoms with van der Waals surface area (Å²) in [7, 11) is 0. The lowest BCUT2D eigenvalue weighted by atomic mass is 9.79. The lowest BCUT2D eigenvalue weighted by Crippen LogP contribution is -2.33. The number of rotatable bonds is 3. The molecule has 3 heteroatoms. The molecule has 0 spiro atoms. The Labute approximate surface area is 102 Å². The van der Waals surface area contributed by atoms with Crippen molar-refractivity contribution < 1.29 is 9.90 Å². The zero-order valence-corrected chi connectivity index (χ0v) is 9.93. The number of carbonyl (C=O) groups is 1. The predicted molar refractivity (Wildman–Crippen MR) is 67.6 cm³/mol. The van der Waals surface area contributed by atoms with E-state index in [2.05, 4.69) is 5.32 Å². The SMILES string of the molecule is O=C(Nc1ccccc1)[C@@H]1CCCC[C@@H]1CO. The van der Waals surface area contributed by atoms with Crippen LogP contribution in [0.25, 0.3) is 0 Å². The van der Waals surface area contributed by atoms with Crippen molar-refractivity contribution in [1.29, 1.82) is 0 Å². The summed E-state index contributed by atoms with van der Waals surface area (Å²) in [6, 6.07) is 9.50. The summed E-state index contributed by atoms with van der Waals surface area (Å²) in [5.41, 5.74) is 0.833. The van der Waals surface area contributed by atoms with Gasteiger partial charge in [-0.3, -0.25) is 4.79 Å². The number of nitrogens with one attached hydrogen (secondary N) is 1. The van der Waals surface area contributed by atoms with Crippen LogP contribution in [0.4, 0.5) is 5.69 Å². The fourth-order valence-corrected chi connectivity index (χ4v) is 2.53. The lowest BCUT2D eigenvalue weighted by Gasteiger charge is -2.29. The number of hydrogen-bond donors (Lipinski definition) is 2. The molecular formula is C14H19NO2. The highest BCUT2D eigenvalue weighted by Crippen LogP contribution is 2.30. The smallest absolute Gasteiger partial charge is 0.227 e. The van der Waals surface area contributed by atoms with E-state index in [0.717, 1.165) is 31.4 Å². The maximum atomic E-state index is 12.1. The highest BCUT2D eigenvalue weighted by molar-refractivity contribution is 5.92. The highest BCUT2D eigenvalue weighted by atomic mass is 16.3. The third-order valence-corrected chi connectivity index (χ3v) is 3.52. The van der Waals surface area contributed by atoms with Crippen LogP contribution in [-0.4, -0.2) is 17.6 Å². The maximum Gasteiger partial charge on any atom is 0.227 e. The average Bonchev–Trinajstić information content (AvgIpc) is 2.40. The number of aliphatic hydroxyl groups excluding tert-OH is 1. The Morgan fingerprint density at radius 1 is 1.24 bits per heavy atom. The quantitative estimate of drug-likeness (QED) is 0.842. The largest absolute Gasteiger partial charge is 0.396 e. The summed E-state index contributed by atoms with van der Waals surface area (Å²) in [5, 5.41) is 12.2. The molecule has 2 rings (SSSR count). The van der Waals surface area contributed by atoms with Crippen molar-refractivity contribution in [3.05, 3.63) is 30.3 Å². The van der Waals surface area contributed by atoms with Gasteiger partial charge in [0.1, 0.15) is 0 Å². The summed E-state index contributed by atoms with van der Waals surface area (Å²) < 4.78 is 0. The molecule has 0 aliphatic heterocycles. The number of benzene rings is 1. The molecule has 1 saturated carbocycles. The fourth-order valence-electron chi connectivity index (χ4n) is 2.53. The second-order valence-electron chi connectivity index (χ2n) is 4.69. The third-order valence-electron chi connectivity index (χ3n) is 3.52. The molecule has 1 aromatic rings. The summed E-state index contributed by atoms with van der Waals surface area (Å²) in [4.78, 5) is 12.1. The summed E-state index contributed by atoms with van der Waals surface area (Å²) >= 11 is 0. The number of carbonyl (C=O) groups excluding carboxylic acids is 1. The monoisotopic (exact) mass is 233 g/mol. The molecule has 3 nitrogen and oxygen atoms in total. The Bertz CT molecular complexity index is 364. The molecule has 1 amide bonds. The van der Waals surface area contributed by atoms with Gasteiger partial charge in [-0.05, 0) is 30.9 Å². The summed E-state index contributed by atoms with van der Waals surface area (Å²) in [6.07, 6.45) is 4.07. The van der Waals surface area contributed by atoms with E-state index < -0.39 is 0 Å². The lowest BCUT2D eigenvalue weighted by molar-refractivity contribution is -0.123. The Hall–Kier alpha value is -1.35. The number of aliphatic hydroxyl groups is 1. The Morgan fingerprint density at radius 2 is 1.94 bits per heavy atom. The number of para-hydroxylation sites is 1. The van der Waals surface area contributed by atoms with E-state index >= 15 is 0 Å². The van der Waals surface area contributed by atoms with Crippen LogP contribution < -0.4 is 5.32 Å². The Kier molecular flexibility index (Phi) is 4.15. The number of amides is 1. The first-order chi connectivity index (χ1) is 8.31. The summed E-state index contributed by atoms with van der Waals surface area (Å²) in [6.45, 7) is 0.118. The van der Waals surface area contributed by atoms with Crippen molar-refractivity contribution in [3.63, 3.8) is 0 Å². The van der Waals surface area contributed by atoms with Crippen LogP contribution in [-0.2, 0) is 4.79 Å². The van der Waals surface area contributed by atoms with Gasteiger partial charge in [-0.1, -0.05) is 31.0 Å². The van der Waals surface area contributed by atoms with Gasteiger partial charge in [0.2, 0.25) is 5.91 Å². The second-order valence-corrected chi connectivity index (χ2v) is 4.69. The molecule has 17 heavy (non-hydrogen) atoms. The number of hydrogen-bond acceptors (Lipinski definition) is 2. The first-order valence-electron chi connectivity index (χ1n) is 6.28. The van der Waals surface area contributed by atoms with E-state index in [1.165, 1.54) is 0 Å². The minimum absolute atomic E-state index is 0.0334. The Balaban J connectivity index is 1.99. The van der Waals surface area contributed by atoms with Crippen LogP contribution in [0.15, 0.2) is 30.3 Å². The molecule has 2 N–H and O–H groups in total. The molecule has 0 unspecified atom stereocenters.